The van der Waals surface area contributed by atoms with Crippen molar-refractivity contribution in [2.45, 2.75) is 13.1 Å². The average Bonchev–Trinajstić information content (AvgIpc) is 2.34. The molecule has 0 aliphatic rings. The van der Waals surface area contributed by atoms with Crippen LogP contribution in [0.5, 0.6) is 0 Å². The summed E-state index contributed by atoms with van der Waals surface area (Å²) in [5.41, 5.74) is -0.584. The van der Waals surface area contributed by atoms with Crippen LogP contribution in [0.15, 0.2) is 35.9 Å². The van der Waals surface area contributed by atoms with Gasteiger partial charge < -0.3 is 10.4 Å². The highest BCUT2D eigenvalue weighted by atomic mass is 19.4. The van der Waals surface area contributed by atoms with Gasteiger partial charge in [0.2, 0.25) is 0 Å². The van der Waals surface area contributed by atoms with E-state index in [2.05, 4.69) is 0 Å². The van der Waals surface area contributed by atoms with Crippen molar-refractivity contribution in [1.29, 1.82) is 0 Å². The molecule has 102 valence electrons. The first-order chi connectivity index (χ1) is 8.73. The zero-order chi connectivity index (χ0) is 14.6. The van der Waals surface area contributed by atoms with Gasteiger partial charge in [-0.15, -0.1) is 0 Å². The fourth-order valence-corrected chi connectivity index (χ4v) is 1.28. The first kappa shape index (κ1) is 14.7. The Morgan fingerprint density at radius 1 is 1.16 bits per heavy atom. The summed E-state index contributed by atoms with van der Waals surface area (Å²) in [6.45, 7) is 1.11. The number of nitrogens with one attached hydrogen (secondary N) is 1. The molecule has 0 aromatic heterocycles. The molecule has 0 spiro atoms. The van der Waals surface area contributed by atoms with Crippen LogP contribution < -0.4 is 5.32 Å². The number of hydrogen-bond acceptors (Lipinski definition) is 2. The Kier molecular flexibility index (Phi) is 4.31. The Bertz CT molecular complexity index is 521. The summed E-state index contributed by atoms with van der Waals surface area (Å²) in [7, 11) is 0. The van der Waals surface area contributed by atoms with E-state index in [0.717, 1.165) is 6.92 Å². The van der Waals surface area contributed by atoms with Crippen LogP contribution in [0.25, 0.3) is 5.70 Å². The highest BCUT2D eigenvalue weighted by Crippen LogP contribution is 2.20. The first-order valence-electron chi connectivity index (χ1n) is 5.11. The minimum absolute atomic E-state index is 0.181. The van der Waals surface area contributed by atoms with Gasteiger partial charge in [-0.2, -0.15) is 13.2 Å². The van der Waals surface area contributed by atoms with E-state index in [9.17, 15) is 22.8 Å². The van der Waals surface area contributed by atoms with E-state index < -0.39 is 18.1 Å². The molecule has 4 nitrogen and oxygen atoms in total. The zero-order valence-corrected chi connectivity index (χ0v) is 9.78. The molecule has 0 aliphatic carbocycles. The van der Waals surface area contributed by atoms with E-state index in [-0.39, 0.29) is 16.8 Å². The van der Waals surface area contributed by atoms with Crippen LogP contribution in [-0.4, -0.2) is 23.2 Å². The number of alkyl halides is 3. The third-order valence-electron chi connectivity index (χ3n) is 2.25. The topological polar surface area (TPSA) is 66.4 Å². The van der Waals surface area contributed by atoms with Crippen LogP contribution in [0, 0.1) is 0 Å². The van der Waals surface area contributed by atoms with Gasteiger partial charge in [-0.05, 0) is 12.5 Å². The van der Waals surface area contributed by atoms with Crippen LogP contribution in [-0.2, 0) is 9.59 Å². The van der Waals surface area contributed by atoms with Crippen molar-refractivity contribution < 1.29 is 27.9 Å². The minimum atomic E-state index is -5.08. The highest BCUT2D eigenvalue weighted by Gasteiger charge is 2.39. The summed E-state index contributed by atoms with van der Waals surface area (Å²) in [4.78, 5) is 21.8. The summed E-state index contributed by atoms with van der Waals surface area (Å²) < 4.78 is 36.6. The molecule has 0 saturated heterocycles. The van der Waals surface area contributed by atoms with Crippen molar-refractivity contribution in [3.8, 4) is 0 Å². The van der Waals surface area contributed by atoms with Gasteiger partial charge in [0.25, 0.3) is 0 Å². The van der Waals surface area contributed by atoms with Crippen LogP contribution in [0.4, 0.5) is 13.2 Å². The number of benzene rings is 1. The summed E-state index contributed by atoms with van der Waals surface area (Å²) in [5, 5.41) is 10.4. The molecule has 0 radical (unpaired) electrons. The van der Waals surface area contributed by atoms with Crippen molar-refractivity contribution in [3.63, 3.8) is 0 Å². The first-order valence-corrected chi connectivity index (χ1v) is 5.11. The second-order valence-electron chi connectivity index (χ2n) is 3.62. The maximum Gasteiger partial charge on any atom is 0.471 e. The lowest BCUT2D eigenvalue weighted by Gasteiger charge is -2.13. The maximum absolute atomic E-state index is 12.2. The molecule has 1 aromatic rings. The van der Waals surface area contributed by atoms with Crippen LogP contribution in [0.2, 0.25) is 0 Å². The molecular formula is C12H10F3NO3. The van der Waals surface area contributed by atoms with E-state index >= 15 is 0 Å². The smallest absolute Gasteiger partial charge is 0.471 e. The van der Waals surface area contributed by atoms with Crippen LogP contribution in [0.3, 0.4) is 0 Å². The third kappa shape index (κ3) is 3.84. The second-order valence-corrected chi connectivity index (χ2v) is 3.62. The SMILES string of the molecule is CC(C(=O)O)=C(NC(=O)C(F)(F)F)c1ccccc1. The predicted octanol–water partition coefficient (Wildman–Crippen LogP) is 2.18. The monoisotopic (exact) mass is 273 g/mol. The molecule has 19 heavy (non-hydrogen) atoms. The fourth-order valence-electron chi connectivity index (χ4n) is 1.28. The Hall–Kier alpha value is -2.31. The summed E-state index contributed by atoms with van der Waals surface area (Å²) >= 11 is 0. The van der Waals surface area contributed by atoms with E-state index in [1.54, 1.807) is 11.4 Å². The van der Waals surface area contributed by atoms with E-state index in [4.69, 9.17) is 5.11 Å². The number of halogens is 3. The molecule has 0 unspecified atom stereocenters. The maximum atomic E-state index is 12.2. The lowest BCUT2D eigenvalue weighted by Crippen LogP contribution is -2.36. The number of carbonyl (C=O) groups excluding carboxylic acids is 1. The van der Waals surface area contributed by atoms with Crippen molar-refractivity contribution in [2.75, 3.05) is 0 Å². The molecule has 7 heteroatoms. The van der Waals surface area contributed by atoms with Crippen LogP contribution in [0.1, 0.15) is 12.5 Å². The van der Waals surface area contributed by atoms with Gasteiger partial charge >= 0.3 is 18.1 Å². The normalized spacial score (nSPS) is 12.6. The molecule has 0 bridgehead atoms. The molecule has 0 aliphatic heterocycles. The molecule has 1 aromatic carbocycles. The van der Waals surface area contributed by atoms with Gasteiger partial charge in [-0.3, -0.25) is 4.79 Å². The van der Waals surface area contributed by atoms with Crippen molar-refractivity contribution >= 4 is 17.6 Å². The van der Waals surface area contributed by atoms with E-state index in [1.165, 1.54) is 24.3 Å². The summed E-state index contributed by atoms with van der Waals surface area (Å²) in [6.07, 6.45) is -5.08. The number of aliphatic carboxylic acids is 1. The van der Waals surface area contributed by atoms with Gasteiger partial charge in [0.15, 0.2) is 0 Å². The number of carbonyl (C=O) groups is 2. The molecular weight excluding hydrogens is 263 g/mol. The Morgan fingerprint density at radius 3 is 2.11 bits per heavy atom. The summed E-state index contributed by atoms with van der Waals surface area (Å²) in [6, 6.07) is 7.45. The molecule has 1 amide bonds. The van der Waals surface area contributed by atoms with E-state index in [0.29, 0.717) is 0 Å². The molecule has 0 atom stereocenters. The number of rotatable bonds is 3. The van der Waals surface area contributed by atoms with Crippen molar-refractivity contribution in [1.82, 2.24) is 5.32 Å². The number of carboxylic acids is 1. The average molecular weight is 273 g/mol. The molecule has 1 rings (SSSR count). The van der Waals surface area contributed by atoms with Gasteiger partial charge in [0, 0.05) is 0 Å². The van der Waals surface area contributed by atoms with Gasteiger partial charge in [0.1, 0.15) is 0 Å². The standard InChI is InChI=1S/C12H10F3NO3/c1-7(10(17)18)9(8-5-3-2-4-6-8)16-11(19)12(13,14)15/h2-6H,1H3,(H,16,19)(H,17,18). The quantitative estimate of drug-likeness (QED) is 0.829. The zero-order valence-electron chi connectivity index (χ0n) is 9.78. The third-order valence-corrected chi connectivity index (χ3v) is 2.25. The molecule has 0 fully saturated rings. The van der Waals surface area contributed by atoms with Gasteiger partial charge in [0.05, 0.1) is 11.3 Å². The number of amides is 1. The fraction of sp³-hybridized carbons (Fsp3) is 0.167. The molecule has 2 N–H and O–H groups in total. The molecule has 0 heterocycles. The predicted molar refractivity (Wildman–Crippen MR) is 60.9 cm³/mol. The van der Waals surface area contributed by atoms with Gasteiger partial charge in [-0.25, -0.2) is 4.79 Å². The Balaban J connectivity index is 3.21. The largest absolute Gasteiger partial charge is 0.478 e. The highest BCUT2D eigenvalue weighted by molar-refractivity contribution is 6.00. The lowest BCUT2D eigenvalue weighted by atomic mass is 10.1. The number of carboxylic acid groups (broad SMARTS) is 1. The minimum Gasteiger partial charge on any atom is -0.478 e. The Labute approximate surface area is 106 Å². The number of hydrogen-bond donors (Lipinski definition) is 2. The lowest BCUT2D eigenvalue weighted by molar-refractivity contribution is -0.172. The van der Waals surface area contributed by atoms with Crippen LogP contribution >= 0.6 is 0 Å². The van der Waals surface area contributed by atoms with E-state index in [1.807, 2.05) is 0 Å². The molecule has 0 saturated carbocycles. The Morgan fingerprint density at radius 2 is 1.68 bits per heavy atom. The van der Waals surface area contributed by atoms with Crippen molar-refractivity contribution in [2.24, 2.45) is 0 Å². The second kappa shape index (κ2) is 5.55. The summed E-state index contributed by atoms with van der Waals surface area (Å²) in [5.74, 6) is -3.63. The van der Waals surface area contributed by atoms with Gasteiger partial charge in [-0.1, -0.05) is 30.3 Å². The van der Waals surface area contributed by atoms with Crippen molar-refractivity contribution in [3.05, 3.63) is 41.5 Å².